The third kappa shape index (κ3) is 2.83. The number of aromatic amines is 2. The van der Waals surface area contributed by atoms with Gasteiger partial charge in [-0.15, -0.1) is 11.5 Å². The quantitative estimate of drug-likeness (QED) is 0.108. The van der Waals surface area contributed by atoms with Crippen LogP contribution in [0.3, 0.4) is 0 Å². The maximum atomic E-state index is 14.4. The van der Waals surface area contributed by atoms with Gasteiger partial charge in [0.1, 0.15) is 0 Å². The second-order valence-electron chi connectivity index (χ2n) is 10.5. The van der Waals surface area contributed by atoms with Crippen LogP contribution in [0.25, 0.3) is 86.7 Å². The van der Waals surface area contributed by atoms with Crippen LogP contribution in [0.15, 0.2) is 94.5 Å². The molecule has 5 heteroatoms. The molecule has 4 nitrogen and oxygen atoms in total. The molecule has 0 aliphatic heterocycles. The fourth-order valence-corrected chi connectivity index (χ4v) is 6.84. The Hall–Kier alpha value is -4.12. The van der Waals surface area contributed by atoms with Gasteiger partial charge in [-0.3, -0.25) is 9.59 Å². The molecule has 0 unspecified atom stereocenters. The first-order valence-electron chi connectivity index (χ1n) is 13.0. The van der Waals surface area contributed by atoms with Gasteiger partial charge in [0.2, 0.25) is 0 Å². The van der Waals surface area contributed by atoms with E-state index in [0.717, 1.165) is 59.7 Å². The van der Waals surface area contributed by atoms with Gasteiger partial charge in [0, 0.05) is 70.5 Å². The number of aryl methyl sites for hydroxylation is 1. The van der Waals surface area contributed by atoms with Crippen molar-refractivity contribution in [2.75, 3.05) is 0 Å². The number of aromatic nitrogens is 2. The number of fused-ring (bicyclic) bond motifs is 10. The number of hydrogen-bond donors (Lipinski definition) is 2. The molecule has 0 saturated carbocycles. The fraction of sp³-hybridized carbons (Fsp3) is 0.0286. The molecule has 0 bridgehead atoms. The minimum Gasteiger partial charge on any atom is -0.377 e. The summed E-state index contributed by atoms with van der Waals surface area (Å²) in [4.78, 5) is 36.0. The summed E-state index contributed by atoms with van der Waals surface area (Å²) in [6, 6.07) is 30.9. The standard InChI is InChI=1S/C35H19N2O2.Y/c1-17-14-15-25-23(16-17)27-19-9-3-5-11-21(19)35(39)31-29(27)33(37-25)30-28-26(18-8-2-4-10-20(18)34(30)38)22-12-6-7-13-24(22)36-32(28)31;/h2-5,7-16,36-37H,1H3;/q-1;. The molecule has 0 saturated heterocycles. The predicted octanol–water partition coefficient (Wildman–Crippen LogP) is 7.83. The molecule has 185 valence electrons. The summed E-state index contributed by atoms with van der Waals surface area (Å²) in [6.07, 6.45) is 0. The average molecular weight is 588 g/mol. The van der Waals surface area contributed by atoms with E-state index in [9.17, 15) is 9.59 Å². The van der Waals surface area contributed by atoms with Crippen LogP contribution >= 0.6 is 0 Å². The van der Waals surface area contributed by atoms with E-state index in [-0.39, 0.29) is 43.6 Å². The van der Waals surface area contributed by atoms with E-state index in [4.69, 9.17) is 0 Å². The Labute approximate surface area is 251 Å². The molecule has 9 rings (SSSR count). The molecule has 1 radical (unpaired) electrons. The normalized spacial score (nSPS) is 12.1. The number of benzene rings is 7. The number of hydrogen-bond acceptors (Lipinski definition) is 2. The van der Waals surface area contributed by atoms with Gasteiger partial charge < -0.3 is 9.97 Å². The van der Waals surface area contributed by atoms with Crippen LogP contribution in [0, 0.1) is 13.0 Å². The van der Waals surface area contributed by atoms with Gasteiger partial charge in [0.05, 0.1) is 21.8 Å². The van der Waals surface area contributed by atoms with Gasteiger partial charge in [-0.05, 0) is 29.8 Å². The van der Waals surface area contributed by atoms with Crippen molar-refractivity contribution < 1.29 is 32.7 Å². The molecular formula is C35H19N2O2Y-. The first-order valence-corrected chi connectivity index (χ1v) is 13.0. The van der Waals surface area contributed by atoms with Crippen LogP contribution in [0.5, 0.6) is 0 Å². The van der Waals surface area contributed by atoms with Gasteiger partial charge >= 0.3 is 0 Å². The number of pyridine rings is 2. The third-order valence-electron chi connectivity index (χ3n) is 8.43. The predicted molar refractivity (Wildman–Crippen MR) is 162 cm³/mol. The van der Waals surface area contributed by atoms with E-state index >= 15 is 0 Å². The number of nitrogens with one attached hydrogen (secondary N) is 2. The van der Waals surface area contributed by atoms with E-state index < -0.39 is 0 Å². The summed E-state index contributed by atoms with van der Waals surface area (Å²) >= 11 is 0. The first-order chi connectivity index (χ1) is 19.1. The molecule has 0 fully saturated rings. The van der Waals surface area contributed by atoms with Crippen LogP contribution in [-0.4, -0.2) is 9.97 Å². The van der Waals surface area contributed by atoms with Crippen LogP contribution in [0.4, 0.5) is 0 Å². The fourth-order valence-electron chi connectivity index (χ4n) is 6.84. The van der Waals surface area contributed by atoms with Crippen molar-refractivity contribution in [3.63, 3.8) is 0 Å². The van der Waals surface area contributed by atoms with E-state index in [2.05, 4.69) is 41.2 Å². The maximum Gasteiger partial charge on any atom is 0.196 e. The third-order valence-corrected chi connectivity index (χ3v) is 8.43. The summed E-state index contributed by atoms with van der Waals surface area (Å²) in [5, 5.41) is 9.89. The average Bonchev–Trinajstić information content (AvgIpc) is 2.97. The Morgan fingerprint density at radius 3 is 1.68 bits per heavy atom. The van der Waals surface area contributed by atoms with Crippen molar-refractivity contribution in [2.45, 2.75) is 6.92 Å². The first kappa shape index (κ1) is 23.7. The SMILES string of the molecule is Cc1ccc2[nH]c3c4c(=O)c5ccccc5c5c6c[c-]ccc6[nH]c(c6c(=O)c7ccccc7c(c2c1)c36)c45.[Y]. The Morgan fingerprint density at radius 2 is 1.07 bits per heavy atom. The molecule has 0 spiro atoms. The smallest absolute Gasteiger partial charge is 0.196 e. The maximum absolute atomic E-state index is 14.4. The molecule has 2 aromatic heterocycles. The Balaban J connectivity index is 0.00000245. The molecule has 0 atom stereocenters. The molecular weight excluding hydrogens is 569 g/mol. The van der Waals surface area contributed by atoms with Gasteiger partial charge in [-0.2, -0.15) is 18.2 Å². The van der Waals surface area contributed by atoms with Crippen molar-refractivity contribution in [1.82, 2.24) is 9.97 Å². The van der Waals surface area contributed by atoms with Crippen molar-refractivity contribution in [2.24, 2.45) is 0 Å². The van der Waals surface area contributed by atoms with E-state index in [1.165, 1.54) is 0 Å². The van der Waals surface area contributed by atoms with Crippen molar-refractivity contribution in [3.05, 3.63) is 117 Å². The zero-order valence-corrected chi connectivity index (χ0v) is 24.3. The zero-order valence-electron chi connectivity index (χ0n) is 21.5. The second kappa shape index (κ2) is 8.20. The molecule has 0 aliphatic carbocycles. The van der Waals surface area contributed by atoms with Gasteiger partial charge in [0.25, 0.3) is 0 Å². The molecule has 9 aromatic rings. The second-order valence-corrected chi connectivity index (χ2v) is 10.5. The van der Waals surface area contributed by atoms with Gasteiger partial charge in [-0.25, -0.2) is 0 Å². The van der Waals surface area contributed by atoms with Gasteiger partial charge in [0.15, 0.2) is 10.9 Å². The topological polar surface area (TPSA) is 65.7 Å². The van der Waals surface area contributed by atoms with E-state index in [1.54, 1.807) is 0 Å². The summed E-state index contributed by atoms with van der Waals surface area (Å²) in [5.41, 5.74) is 4.30. The van der Waals surface area contributed by atoms with Crippen molar-refractivity contribution in [3.8, 4) is 0 Å². The van der Waals surface area contributed by atoms with Crippen LogP contribution in [0.2, 0.25) is 0 Å². The van der Waals surface area contributed by atoms with Crippen LogP contribution < -0.4 is 10.9 Å². The minimum absolute atomic E-state index is 0. The summed E-state index contributed by atoms with van der Waals surface area (Å²) in [5.74, 6) is 0. The Kier molecular flexibility index (Phi) is 4.87. The molecule has 2 N–H and O–H groups in total. The zero-order chi connectivity index (χ0) is 26.0. The van der Waals surface area contributed by atoms with Gasteiger partial charge in [-0.1, -0.05) is 71.1 Å². The van der Waals surface area contributed by atoms with Crippen molar-refractivity contribution in [1.29, 1.82) is 0 Å². The van der Waals surface area contributed by atoms with E-state index in [0.29, 0.717) is 32.6 Å². The molecule has 2 heterocycles. The number of H-pyrrole nitrogens is 2. The molecule has 0 amide bonds. The van der Waals surface area contributed by atoms with E-state index in [1.807, 2.05) is 66.7 Å². The Bertz CT molecular complexity index is 2670. The summed E-state index contributed by atoms with van der Waals surface area (Å²) < 4.78 is 0. The minimum atomic E-state index is -0.0396. The molecule has 40 heavy (non-hydrogen) atoms. The monoisotopic (exact) mass is 588 g/mol. The van der Waals surface area contributed by atoms with Crippen LogP contribution in [0.1, 0.15) is 5.56 Å². The summed E-state index contributed by atoms with van der Waals surface area (Å²) in [6.45, 7) is 2.07. The summed E-state index contributed by atoms with van der Waals surface area (Å²) in [7, 11) is 0. The largest absolute Gasteiger partial charge is 0.377 e. The molecule has 0 aliphatic rings. The Morgan fingerprint density at radius 1 is 0.550 bits per heavy atom. The number of rotatable bonds is 0. The van der Waals surface area contributed by atoms with Crippen molar-refractivity contribution >= 4 is 86.7 Å². The molecule has 7 aromatic carbocycles. The van der Waals surface area contributed by atoms with Crippen LogP contribution in [-0.2, 0) is 32.7 Å².